The van der Waals surface area contributed by atoms with Gasteiger partial charge >= 0.3 is 0 Å². The van der Waals surface area contributed by atoms with Crippen molar-refractivity contribution in [3.8, 4) is 6.07 Å². The van der Waals surface area contributed by atoms with Crippen LogP contribution in [-0.4, -0.2) is 24.1 Å². The lowest BCUT2D eigenvalue weighted by molar-refractivity contribution is 0.468. The Morgan fingerprint density at radius 3 is 3.00 bits per heavy atom. The Balaban J connectivity index is 2.24. The molecular formula is C10H18N2S. The number of hydrogen-bond donors (Lipinski definition) is 1. The Labute approximate surface area is 85.1 Å². The average molecular weight is 198 g/mol. The fraction of sp³-hybridized carbons (Fsp3) is 0.900. The third-order valence-corrected chi connectivity index (χ3v) is 3.72. The summed E-state index contributed by atoms with van der Waals surface area (Å²) in [4.78, 5) is 0. The van der Waals surface area contributed by atoms with Gasteiger partial charge in [-0.15, -0.1) is 0 Å². The second-order valence-corrected chi connectivity index (χ2v) is 5.00. The molecule has 3 heteroatoms. The minimum absolute atomic E-state index is 0.258. The lowest BCUT2D eigenvalue weighted by Crippen LogP contribution is -2.35. The van der Waals surface area contributed by atoms with E-state index in [1.54, 1.807) is 0 Å². The lowest BCUT2D eigenvalue weighted by Gasteiger charge is -2.17. The van der Waals surface area contributed by atoms with Crippen molar-refractivity contribution in [3.63, 3.8) is 0 Å². The van der Waals surface area contributed by atoms with Crippen molar-refractivity contribution >= 4 is 11.8 Å². The molecule has 1 rings (SSSR count). The van der Waals surface area contributed by atoms with Crippen LogP contribution in [0.2, 0.25) is 0 Å². The first-order valence-electron chi connectivity index (χ1n) is 4.93. The normalized spacial score (nSPS) is 29.9. The summed E-state index contributed by atoms with van der Waals surface area (Å²) in [6, 6.07) is 2.84. The van der Waals surface area contributed by atoms with Gasteiger partial charge in [-0.2, -0.15) is 17.0 Å². The van der Waals surface area contributed by atoms with Crippen molar-refractivity contribution in [1.82, 2.24) is 5.32 Å². The van der Waals surface area contributed by atoms with Gasteiger partial charge in [0, 0.05) is 17.8 Å². The molecule has 0 heterocycles. The predicted molar refractivity (Wildman–Crippen MR) is 57.7 cm³/mol. The minimum atomic E-state index is 0.258. The van der Waals surface area contributed by atoms with E-state index in [4.69, 9.17) is 5.26 Å². The van der Waals surface area contributed by atoms with Crippen LogP contribution in [0.1, 0.15) is 26.2 Å². The van der Waals surface area contributed by atoms with Crippen LogP contribution in [0.3, 0.4) is 0 Å². The quantitative estimate of drug-likeness (QED) is 0.750. The molecule has 2 nitrogen and oxygen atoms in total. The van der Waals surface area contributed by atoms with Crippen LogP contribution in [-0.2, 0) is 0 Å². The van der Waals surface area contributed by atoms with Crippen LogP contribution in [0.15, 0.2) is 0 Å². The molecule has 1 aliphatic rings. The first-order valence-corrected chi connectivity index (χ1v) is 6.22. The Bertz CT molecular complexity index is 188. The standard InChI is InChI=1S/C10H18N2S/c1-8(13-2)7-12-10-5-3-4-9(10)6-11/h8-10,12H,3-5,7H2,1-2H3. The molecule has 74 valence electrons. The van der Waals surface area contributed by atoms with Gasteiger partial charge < -0.3 is 5.32 Å². The van der Waals surface area contributed by atoms with Gasteiger partial charge in [0.05, 0.1) is 12.0 Å². The van der Waals surface area contributed by atoms with Crippen LogP contribution in [0, 0.1) is 17.2 Å². The number of rotatable bonds is 4. The predicted octanol–water partition coefficient (Wildman–Crippen LogP) is 2.02. The van der Waals surface area contributed by atoms with Gasteiger partial charge in [-0.05, 0) is 19.1 Å². The molecule has 0 radical (unpaired) electrons. The summed E-state index contributed by atoms with van der Waals surface area (Å²) >= 11 is 1.87. The summed E-state index contributed by atoms with van der Waals surface area (Å²) in [5, 5.41) is 13.0. The van der Waals surface area contributed by atoms with Gasteiger partial charge in [0.1, 0.15) is 0 Å². The molecule has 0 aliphatic heterocycles. The van der Waals surface area contributed by atoms with Crippen LogP contribution in [0.4, 0.5) is 0 Å². The second-order valence-electron chi connectivity index (χ2n) is 3.73. The molecule has 0 aromatic heterocycles. The largest absolute Gasteiger partial charge is 0.312 e. The van der Waals surface area contributed by atoms with E-state index in [1.807, 2.05) is 11.8 Å². The van der Waals surface area contributed by atoms with E-state index in [1.165, 1.54) is 12.8 Å². The number of nitrogens with one attached hydrogen (secondary N) is 1. The van der Waals surface area contributed by atoms with Gasteiger partial charge in [0.25, 0.3) is 0 Å². The maximum Gasteiger partial charge on any atom is 0.0672 e. The van der Waals surface area contributed by atoms with Crippen molar-refractivity contribution in [2.75, 3.05) is 12.8 Å². The summed E-state index contributed by atoms with van der Waals surface area (Å²) in [6.45, 7) is 3.25. The highest BCUT2D eigenvalue weighted by Gasteiger charge is 2.26. The van der Waals surface area contributed by atoms with Crippen molar-refractivity contribution in [1.29, 1.82) is 5.26 Å². The molecule has 1 N–H and O–H groups in total. The van der Waals surface area contributed by atoms with Gasteiger partial charge in [-0.1, -0.05) is 13.3 Å². The van der Waals surface area contributed by atoms with E-state index < -0.39 is 0 Å². The second kappa shape index (κ2) is 5.51. The smallest absolute Gasteiger partial charge is 0.0672 e. The maximum absolute atomic E-state index is 8.86. The van der Waals surface area contributed by atoms with Gasteiger partial charge in [0.2, 0.25) is 0 Å². The van der Waals surface area contributed by atoms with Crippen molar-refractivity contribution in [2.45, 2.75) is 37.5 Å². The van der Waals surface area contributed by atoms with E-state index in [0.29, 0.717) is 11.3 Å². The zero-order valence-corrected chi connectivity index (χ0v) is 9.23. The molecule has 0 aromatic rings. The van der Waals surface area contributed by atoms with Gasteiger partial charge in [0.15, 0.2) is 0 Å². The fourth-order valence-electron chi connectivity index (χ4n) is 1.76. The topological polar surface area (TPSA) is 35.8 Å². The molecule has 13 heavy (non-hydrogen) atoms. The monoisotopic (exact) mass is 198 g/mol. The van der Waals surface area contributed by atoms with E-state index in [2.05, 4.69) is 24.6 Å². The molecule has 1 fully saturated rings. The molecule has 1 aliphatic carbocycles. The summed E-state index contributed by atoms with van der Waals surface area (Å²) in [7, 11) is 0. The number of nitriles is 1. The molecule has 0 amide bonds. The highest BCUT2D eigenvalue weighted by atomic mass is 32.2. The maximum atomic E-state index is 8.86. The molecule has 0 saturated heterocycles. The first kappa shape index (κ1) is 10.9. The average Bonchev–Trinajstić information content (AvgIpc) is 2.61. The molecule has 3 unspecified atom stereocenters. The van der Waals surface area contributed by atoms with E-state index in [0.717, 1.165) is 13.0 Å². The van der Waals surface area contributed by atoms with Gasteiger partial charge in [-0.25, -0.2) is 0 Å². The Kier molecular flexibility index (Phi) is 4.61. The summed E-state index contributed by atoms with van der Waals surface area (Å²) < 4.78 is 0. The zero-order valence-electron chi connectivity index (χ0n) is 8.42. The SMILES string of the molecule is CSC(C)CNC1CCCC1C#N. The minimum Gasteiger partial charge on any atom is -0.312 e. The lowest BCUT2D eigenvalue weighted by atomic mass is 10.1. The Morgan fingerprint density at radius 1 is 1.62 bits per heavy atom. The molecule has 3 atom stereocenters. The van der Waals surface area contributed by atoms with E-state index in [-0.39, 0.29) is 5.92 Å². The molecule has 0 aromatic carbocycles. The van der Waals surface area contributed by atoms with E-state index >= 15 is 0 Å². The van der Waals surface area contributed by atoms with Crippen molar-refractivity contribution < 1.29 is 0 Å². The highest BCUT2D eigenvalue weighted by Crippen LogP contribution is 2.24. The van der Waals surface area contributed by atoms with Crippen LogP contribution < -0.4 is 5.32 Å². The number of nitrogens with zero attached hydrogens (tertiary/aromatic N) is 1. The fourth-order valence-corrected chi connectivity index (χ4v) is 2.02. The van der Waals surface area contributed by atoms with Crippen LogP contribution in [0.25, 0.3) is 0 Å². The Morgan fingerprint density at radius 2 is 2.38 bits per heavy atom. The first-order chi connectivity index (χ1) is 6.27. The van der Waals surface area contributed by atoms with Crippen molar-refractivity contribution in [2.24, 2.45) is 5.92 Å². The Hall–Kier alpha value is -0.200. The van der Waals surface area contributed by atoms with Crippen LogP contribution >= 0.6 is 11.8 Å². The van der Waals surface area contributed by atoms with E-state index in [9.17, 15) is 0 Å². The summed E-state index contributed by atoms with van der Waals surface area (Å²) in [6.07, 6.45) is 5.60. The zero-order chi connectivity index (χ0) is 9.68. The van der Waals surface area contributed by atoms with Gasteiger partial charge in [-0.3, -0.25) is 0 Å². The molecule has 0 spiro atoms. The summed E-state index contributed by atoms with van der Waals surface area (Å²) in [5.41, 5.74) is 0. The van der Waals surface area contributed by atoms with Crippen LogP contribution in [0.5, 0.6) is 0 Å². The number of thioether (sulfide) groups is 1. The summed E-state index contributed by atoms with van der Waals surface area (Å²) in [5.74, 6) is 0.258. The van der Waals surface area contributed by atoms with Crippen molar-refractivity contribution in [3.05, 3.63) is 0 Å². The molecular weight excluding hydrogens is 180 g/mol. The third kappa shape index (κ3) is 3.21. The third-order valence-electron chi connectivity index (χ3n) is 2.75. The molecule has 0 bridgehead atoms. The number of hydrogen-bond acceptors (Lipinski definition) is 3. The highest BCUT2D eigenvalue weighted by molar-refractivity contribution is 7.99. The molecule has 1 saturated carbocycles.